The van der Waals surface area contributed by atoms with Crippen molar-refractivity contribution in [1.82, 2.24) is 4.98 Å². The van der Waals surface area contributed by atoms with Crippen molar-refractivity contribution in [1.29, 1.82) is 0 Å². The van der Waals surface area contributed by atoms with E-state index in [9.17, 15) is 25.0 Å². The van der Waals surface area contributed by atoms with Crippen LogP contribution in [0.25, 0.3) is 11.3 Å². The molecule has 0 aliphatic rings. The second-order valence-electron chi connectivity index (χ2n) is 5.55. The molecule has 11 heteroatoms. The topological polar surface area (TPSA) is 140 Å². The molecule has 0 saturated heterocycles. The molecule has 0 atom stereocenters. The molecule has 28 heavy (non-hydrogen) atoms. The van der Waals surface area contributed by atoms with E-state index in [1.807, 2.05) is 0 Å². The number of hydrogen-bond donors (Lipinski definition) is 2. The minimum absolute atomic E-state index is 0.0312. The lowest BCUT2D eigenvalue weighted by molar-refractivity contribution is -0.385. The van der Waals surface area contributed by atoms with E-state index >= 15 is 0 Å². The van der Waals surface area contributed by atoms with Crippen LogP contribution in [0, 0.1) is 20.2 Å². The smallest absolute Gasteiger partial charge is 0.271 e. The van der Waals surface area contributed by atoms with E-state index in [1.54, 1.807) is 23.6 Å². The Labute approximate surface area is 162 Å². The Bertz CT molecular complexity index is 1050. The lowest BCUT2D eigenvalue weighted by Gasteiger charge is -2.05. The zero-order valence-corrected chi connectivity index (χ0v) is 15.0. The third-order valence-corrected chi connectivity index (χ3v) is 4.40. The first-order valence-corrected chi connectivity index (χ1v) is 8.79. The minimum atomic E-state index is -0.543. The number of carbonyl (C=O) groups excluding carboxylic acids is 1. The predicted molar refractivity (Wildman–Crippen MR) is 104 cm³/mol. The number of nitrogens with zero attached hydrogens (tertiary/aromatic N) is 3. The third-order valence-electron chi connectivity index (χ3n) is 3.60. The van der Waals surface area contributed by atoms with E-state index in [-0.39, 0.29) is 17.9 Å². The highest BCUT2D eigenvalue weighted by Crippen LogP contribution is 2.27. The van der Waals surface area contributed by atoms with Gasteiger partial charge in [0.1, 0.15) is 0 Å². The standard InChI is InChI=1S/C17H13N5O5S/c23-16(19-12-4-2-6-14(8-12)22(26)27)9-18-17-20-15(10-28-17)11-3-1-5-13(7-11)21(24)25/h1-8,10H,9H2,(H,18,20)(H,19,23). The first kappa shape index (κ1) is 18.9. The van der Waals surface area contributed by atoms with Crippen molar-refractivity contribution in [3.8, 4) is 11.3 Å². The quantitative estimate of drug-likeness (QED) is 0.456. The molecule has 0 saturated carbocycles. The fourth-order valence-corrected chi connectivity index (χ4v) is 3.04. The Morgan fingerprint density at radius 1 is 1.04 bits per heavy atom. The first-order valence-electron chi connectivity index (χ1n) is 7.91. The Balaban J connectivity index is 1.60. The van der Waals surface area contributed by atoms with Crippen LogP contribution in [-0.4, -0.2) is 27.3 Å². The molecule has 2 N–H and O–H groups in total. The number of benzene rings is 2. The largest absolute Gasteiger partial charge is 0.352 e. The minimum Gasteiger partial charge on any atom is -0.352 e. The highest BCUT2D eigenvalue weighted by atomic mass is 32.1. The zero-order chi connectivity index (χ0) is 20.1. The van der Waals surface area contributed by atoms with Crippen LogP contribution in [0.1, 0.15) is 0 Å². The summed E-state index contributed by atoms with van der Waals surface area (Å²) in [6, 6.07) is 11.7. The first-order chi connectivity index (χ1) is 13.4. The van der Waals surface area contributed by atoms with Crippen LogP contribution in [-0.2, 0) is 4.79 Å². The number of nitrogens with one attached hydrogen (secondary N) is 2. The molecule has 0 bridgehead atoms. The Kier molecular flexibility index (Phi) is 5.56. The number of anilines is 2. The monoisotopic (exact) mass is 399 g/mol. The second-order valence-corrected chi connectivity index (χ2v) is 6.41. The van der Waals surface area contributed by atoms with Crippen LogP contribution >= 0.6 is 11.3 Å². The van der Waals surface area contributed by atoms with Crippen molar-refractivity contribution in [2.24, 2.45) is 0 Å². The Morgan fingerprint density at radius 2 is 1.71 bits per heavy atom. The van der Waals surface area contributed by atoms with Crippen molar-refractivity contribution in [3.63, 3.8) is 0 Å². The van der Waals surface area contributed by atoms with Gasteiger partial charge in [-0.05, 0) is 6.07 Å². The maximum atomic E-state index is 12.0. The molecule has 1 heterocycles. The van der Waals surface area contributed by atoms with Gasteiger partial charge in [-0.3, -0.25) is 25.0 Å². The predicted octanol–water partition coefficient (Wildman–Crippen LogP) is 3.68. The molecular weight excluding hydrogens is 386 g/mol. The summed E-state index contributed by atoms with van der Waals surface area (Å²) < 4.78 is 0. The molecule has 3 rings (SSSR count). The highest BCUT2D eigenvalue weighted by molar-refractivity contribution is 7.14. The Hall–Kier alpha value is -3.86. The molecular formula is C17H13N5O5S. The number of nitro benzene ring substituents is 2. The van der Waals surface area contributed by atoms with Gasteiger partial charge < -0.3 is 10.6 Å². The van der Waals surface area contributed by atoms with E-state index in [4.69, 9.17) is 0 Å². The second kappa shape index (κ2) is 8.22. The van der Waals surface area contributed by atoms with Gasteiger partial charge >= 0.3 is 0 Å². The highest BCUT2D eigenvalue weighted by Gasteiger charge is 2.11. The molecule has 2 aromatic carbocycles. The van der Waals surface area contributed by atoms with Crippen molar-refractivity contribution in [2.45, 2.75) is 0 Å². The van der Waals surface area contributed by atoms with Gasteiger partial charge in [0, 0.05) is 40.9 Å². The van der Waals surface area contributed by atoms with Gasteiger partial charge in [0.05, 0.1) is 22.1 Å². The molecule has 10 nitrogen and oxygen atoms in total. The summed E-state index contributed by atoms with van der Waals surface area (Å²) >= 11 is 1.25. The fraction of sp³-hybridized carbons (Fsp3) is 0.0588. The number of thiazole rings is 1. The molecule has 0 fully saturated rings. The number of nitro groups is 2. The summed E-state index contributed by atoms with van der Waals surface area (Å²) in [7, 11) is 0. The molecule has 0 unspecified atom stereocenters. The number of amides is 1. The average Bonchev–Trinajstić information content (AvgIpc) is 3.16. The fourth-order valence-electron chi connectivity index (χ4n) is 2.32. The number of hydrogen-bond acceptors (Lipinski definition) is 8. The van der Waals surface area contributed by atoms with Gasteiger partial charge in [0.25, 0.3) is 11.4 Å². The summed E-state index contributed by atoms with van der Waals surface area (Å²) in [5, 5.41) is 29.2. The van der Waals surface area contributed by atoms with E-state index in [0.717, 1.165) is 0 Å². The molecule has 0 spiro atoms. The lowest BCUT2D eigenvalue weighted by atomic mass is 10.1. The maximum absolute atomic E-state index is 12.0. The van der Waals surface area contributed by atoms with Gasteiger partial charge in [0.2, 0.25) is 5.91 Å². The normalized spacial score (nSPS) is 10.3. The van der Waals surface area contributed by atoms with Crippen molar-refractivity contribution in [2.75, 3.05) is 17.2 Å². The number of non-ortho nitro benzene ring substituents is 2. The number of aromatic nitrogens is 1. The van der Waals surface area contributed by atoms with Gasteiger partial charge in [0.15, 0.2) is 5.13 Å². The van der Waals surface area contributed by atoms with Gasteiger partial charge in [-0.25, -0.2) is 4.98 Å². The maximum Gasteiger partial charge on any atom is 0.271 e. The van der Waals surface area contributed by atoms with Crippen LogP contribution in [0.4, 0.5) is 22.2 Å². The van der Waals surface area contributed by atoms with Crippen molar-refractivity contribution >= 4 is 39.4 Å². The molecule has 1 aromatic heterocycles. The van der Waals surface area contributed by atoms with E-state index < -0.39 is 15.8 Å². The van der Waals surface area contributed by atoms with Crippen molar-refractivity contribution in [3.05, 3.63) is 74.1 Å². The van der Waals surface area contributed by atoms with Crippen molar-refractivity contribution < 1.29 is 14.6 Å². The summed E-state index contributed by atoms with van der Waals surface area (Å²) in [6.45, 7) is -0.0927. The molecule has 1 amide bonds. The summed E-state index contributed by atoms with van der Waals surface area (Å²) in [4.78, 5) is 36.9. The summed E-state index contributed by atoms with van der Waals surface area (Å²) in [5.74, 6) is -0.396. The summed E-state index contributed by atoms with van der Waals surface area (Å²) in [6.07, 6.45) is 0. The number of carbonyl (C=O) groups is 1. The average molecular weight is 399 g/mol. The molecule has 0 radical (unpaired) electrons. The molecule has 142 valence electrons. The van der Waals surface area contributed by atoms with Crippen LogP contribution < -0.4 is 10.6 Å². The van der Waals surface area contributed by atoms with Crippen LogP contribution in [0.2, 0.25) is 0 Å². The number of rotatable bonds is 7. The van der Waals surface area contributed by atoms with E-state index in [1.165, 1.54) is 41.7 Å². The van der Waals surface area contributed by atoms with Crippen LogP contribution in [0.15, 0.2) is 53.9 Å². The summed E-state index contributed by atoms with van der Waals surface area (Å²) in [5.41, 5.74) is 1.32. The lowest BCUT2D eigenvalue weighted by Crippen LogP contribution is -2.21. The molecule has 3 aromatic rings. The SMILES string of the molecule is O=C(CNc1nc(-c2cccc([N+](=O)[O-])c2)cs1)Nc1cccc([N+](=O)[O-])c1. The van der Waals surface area contributed by atoms with Gasteiger partial charge in [-0.1, -0.05) is 18.2 Å². The van der Waals surface area contributed by atoms with E-state index in [0.29, 0.717) is 22.1 Å². The Morgan fingerprint density at radius 3 is 2.43 bits per heavy atom. The molecule has 0 aliphatic carbocycles. The molecule has 0 aliphatic heterocycles. The van der Waals surface area contributed by atoms with Gasteiger partial charge in [-0.2, -0.15) is 0 Å². The van der Waals surface area contributed by atoms with Gasteiger partial charge in [-0.15, -0.1) is 11.3 Å². The van der Waals surface area contributed by atoms with E-state index in [2.05, 4.69) is 15.6 Å². The van der Waals surface area contributed by atoms with Crippen LogP contribution in [0.3, 0.4) is 0 Å². The zero-order valence-electron chi connectivity index (χ0n) is 14.2. The van der Waals surface area contributed by atoms with Crippen LogP contribution in [0.5, 0.6) is 0 Å². The third kappa shape index (κ3) is 4.65.